The first kappa shape index (κ1) is 13.8. The third kappa shape index (κ3) is 3.70. The fourth-order valence-electron chi connectivity index (χ4n) is 2.45. The van der Waals surface area contributed by atoms with E-state index in [1.807, 2.05) is 11.8 Å². The first-order valence-electron chi connectivity index (χ1n) is 6.35. The van der Waals surface area contributed by atoms with Crippen LogP contribution in [0.4, 0.5) is 0 Å². The lowest BCUT2D eigenvalue weighted by atomic mass is 10.0. The second-order valence-corrected chi connectivity index (χ2v) is 6.84. The molecule has 98 valence electrons. The van der Waals surface area contributed by atoms with Crippen LogP contribution in [0, 0.1) is 0 Å². The van der Waals surface area contributed by atoms with Crippen molar-refractivity contribution in [3.63, 3.8) is 0 Å². The average Bonchev–Trinajstić information content (AvgIpc) is 2.37. The van der Waals surface area contributed by atoms with Gasteiger partial charge in [-0.3, -0.25) is 4.90 Å². The summed E-state index contributed by atoms with van der Waals surface area (Å²) in [6.45, 7) is 4.53. The molecule has 2 atom stereocenters. The largest absolute Gasteiger partial charge is 0.393 e. The molecule has 0 radical (unpaired) electrons. The fourth-order valence-corrected chi connectivity index (χ4v) is 3.65. The van der Waals surface area contributed by atoms with Crippen LogP contribution >= 0.6 is 24.0 Å². The maximum Gasteiger partial charge on any atom is 0.0746 e. The molecular formula is C14H20N2S2. The monoisotopic (exact) mass is 280 g/mol. The minimum Gasteiger partial charge on any atom is -0.393 e. The molecule has 0 aliphatic carbocycles. The van der Waals surface area contributed by atoms with E-state index >= 15 is 0 Å². The molecule has 0 aromatic heterocycles. The molecule has 1 aliphatic rings. The molecule has 0 saturated carbocycles. The Labute approximate surface area is 119 Å². The molecule has 1 heterocycles. The topological polar surface area (TPSA) is 29.3 Å². The van der Waals surface area contributed by atoms with Crippen molar-refractivity contribution >= 4 is 29.0 Å². The lowest BCUT2D eigenvalue weighted by Crippen LogP contribution is -2.40. The van der Waals surface area contributed by atoms with Gasteiger partial charge in [-0.15, -0.1) is 0 Å². The van der Waals surface area contributed by atoms with Crippen LogP contribution in [0.25, 0.3) is 0 Å². The number of hydrogen-bond acceptors (Lipinski definition) is 3. The van der Waals surface area contributed by atoms with Crippen molar-refractivity contribution in [2.45, 2.75) is 24.6 Å². The number of nitrogens with zero attached hydrogens (tertiary/aromatic N) is 1. The van der Waals surface area contributed by atoms with Gasteiger partial charge >= 0.3 is 0 Å². The molecule has 0 amide bonds. The van der Waals surface area contributed by atoms with Crippen molar-refractivity contribution in [3.8, 4) is 0 Å². The second-order valence-electron chi connectivity index (χ2n) is 4.77. The highest BCUT2D eigenvalue weighted by Gasteiger charge is 2.25. The Balaban J connectivity index is 2.16. The summed E-state index contributed by atoms with van der Waals surface area (Å²) >= 11 is 7.16. The van der Waals surface area contributed by atoms with Crippen LogP contribution in [0.1, 0.15) is 24.9 Å². The second kappa shape index (κ2) is 6.55. The number of benzene rings is 1. The lowest BCUT2D eigenvalue weighted by molar-refractivity contribution is 0.211. The number of nitrogens with two attached hydrogens (primary N) is 1. The van der Waals surface area contributed by atoms with Crippen molar-refractivity contribution in [2.75, 3.05) is 18.8 Å². The predicted molar refractivity (Wildman–Crippen MR) is 84.1 cm³/mol. The van der Waals surface area contributed by atoms with Gasteiger partial charge in [-0.25, -0.2) is 0 Å². The first-order chi connectivity index (χ1) is 8.66. The Morgan fingerprint density at radius 1 is 1.50 bits per heavy atom. The van der Waals surface area contributed by atoms with Crippen molar-refractivity contribution < 1.29 is 0 Å². The summed E-state index contributed by atoms with van der Waals surface area (Å²) < 4.78 is 0. The van der Waals surface area contributed by atoms with Gasteiger partial charge in [0.2, 0.25) is 0 Å². The Morgan fingerprint density at radius 2 is 2.22 bits per heavy atom. The van der Waals surface area contributed by atoms with E-state index in [1.165, 1.54) is 11.3 Å². The Kier molecular flexibility index (Phi) is 5.03. The molecule has 1 fully saturated rings. The Bertz CT molecular complexity index is 394. The number of hydrogen-bond donors (Lipinski definition) is 1. The van der Waals surface area contributed by atoms with E-state index in [9.17, 15) is 0 Å². The summed E-state index contributed by atoms with van der Waals surface area (Å²) in [5, 5.41) is 0.691. The van der Waals surface area contributed by atoms with E-state index in [4.69, 9.17) is 18.0 Å². The van der Waals surface area contributed by atoms with Gasteiger partial charge in [0.1, 0.15) is 0 Å². The molecule has 2 rings (SSSR count). The molecule has 1 aliphatic heterocycles. The normalized spacial score (nSPS) is 22.6. The van der Waals surface area contributed by atoms with Crippen LogP contribution in [0.15, 0.2) is 30.3 Å². The molecule has 2 N–H and O–H groups in total. The standard InChI is InChI=1S/C14H20N2S2/c1-11-10-16(7-8-18-11)13(9-14(15)17)12-5-3-2-4-6-12/h2-6,11,13H,7-10H2,1H3,(H2,15,17). The average molecular weight is 280 g/mol. The van der Waals surface area contributed by atoms with Gasteiger partial charge in [-0.1, -0.05) is 49.5 Å². The van der Waals surface area contributed by atoms with Crippen LogP contribution in [0.2, 0.25) is 0 Å². The van der Waals surface area contributed by atoms with Crippen molar-refractivity contribution in [1.82, 2.24) is 4.90 Å². The van der Waals surface area contributed by atoms with Crippen LogP contribution in [-0.4, -0.2) is 34.0 Å². The van der Waals surface area contributed by atoms with Crippen LogP contribution in [0.3, 0.4) is 0 Å². The summed E-state index contributed by atoms with van der Waals surface area (Å²) in [5.41, 5.74) is 7.10. The van der Waals surface area contributed by atoms with Crippen LogP contribution in [-0.2, 0) is 0 Å². The van der Waals surface area contributed by atoms with Gasteiger partial charge in [-0.05, 0) is 5.56 Å². The minimum atomic E-state index is 0.340. The molecule has 0 bridgehead atoms. The predicted octanol–water partition coefficient (Wildman–Crippen LogP) is 2.84. The van der Waals surface area contributed by atoms with Gasteiger partial charge in [0.25, 0.3) is 0 Å². The SMILES string of the molecule is CC1CN(C(CC(N)=S)c2ccccc2)CCS1. The molecule has 0 spiro atoms. The molecule has 4 heteroatoms. The highest BCUT2D eigenvalue weighted by atomic mass is 32.2. The number of thiocarbonyl (C=S) groups is 1. The van der Waals surface area contributed by atoms with Crippen molar-refractivity contribution in [3.05, 3.63) is 35.9 Å². The molecule has 18 heavy (non-hydrogen) atoms. The van der Waals surface area contributed by atoms with E-state index in [0.29, 0.717) is 16.3 Å². The van der Waals surface area contributed by atoms with Gasteiger partial charge in [-0.2, -0.15) is 11.8 Å². The summed E-state index contributed by atoms with van der Waals surface area (Å²) in [6, 6.07) is 10.9. The van der Waals surface area contributed by atoms with E-state index < -0.39 is 0 Å². The van der Waals surface area contributed by atoms with Crippen LogP contribution in [0.5, 0.6) is 0 Å². The van der Waals surface area contributed by atoms with Crippen molar-refractivity contribution in [1.29, 1.82) is 0 Å². The molecule has 2 unspecified atom stereocenters. The maximum atomic E-state index is 5.77. The molecule has 1 saturated heterocycles. The molecule has 1 aromatic rings. The van der Waals surface area contributed by atoms with Gasteiger partial charge in [0.05, 0.1) is 4.99 Å². The third-order valence-corrected chi connectivity index (χ3v) is 4.60. The maximum absolute atomic E-state index is 5.77. The van der Waals surface area contributed by atoms with Gasteiger partial charge < -0.3 is 5.73 Å². The summed E-state index contributed by atoms with van der Waals surface area (Å²) in [4.78, 5) is 3.13. The molecule has 2 nitrogen and oxygen atoms in total. The molecular weight excluding hydrogens is 260 g/mol. The summed E-state index contributed by atoms with van der Waals surface area (Å²) in [5.74, 6) is 1.20. The zero-order chi connectivity index (χ0) is 13.0. The zero-order valence-electron chi connectivity index (χ0n) is 10.7. The first-order valence-corrected chi connectivity index (χ1v) is 7.81. The number of thioether (sulfide) groups is 1. The summed E-state index contributed by atoms with van der Waals surface area (Å²) in [6.07, 6.45) is 0.775. The van der Waals surface area contributed by atoms with Crippen LogP contribution < -0.4 is 5.73 Å². The van der Waals surface area contributed by atoms with E-state index in [0.717, 1.165) is 19.5 Å². The Hall–Kier alpha value is -0.580. The number of rotatable bonds is 4. The zero-order valence-corrected chi connectivity index (χ0v) is 12.3. The lowest BCUT2D eigenvalue weighted by Gasteiger charge is -2.37. The minimum absolute atomic E-state index is 0.340. The van der Waals surface area contributed by atoms with E-state index in [1.54, 1.807) is 0 Å². The van der Waals surface area contributed by atoms with E-state index in [2.05, 4.69) is 42.2 Å². The quantitative estimate of drug-likeness (QED) is 0.859. The van der Waals surface area contributed by atoms with Crippen molar-refractivity contribution in [2.24, 2.45) is 5.73 Å². The van der Waals surface area contributed by atoms with Gasteiger partial charge in [0.15, 0.2) is 0 Å². The smallest absolute Gasteiger partial charge is 0.0746 e. The molecule has 1 aromatic carbocycles. The summed E-state index contributed by atoms with van der Waals surface area (Å²) in [7, 11) is 0. The Morgan fingerprint density at radius 3 is 2.83 bits per heavy atom. The third-order valence-electron chi connectivity index (χ3n) is 3.29. The fraction of sp³-hybridized carbons (Fsp3) is 0.500. The van der Waals surface area contributed by atoms with Gasteiger partial charge in [0, 0.05) is 36.6 Å². The van der Waals surface area contributed by atoms with E-state index in [-0.39, 0.29) is 0 Å². The highest BCUT2D eigenvalue weighted by Crippen LogP contribution is 2.29. The highest BCUT2D eigenvalue weighted by molar-refractivity contribution is 7.99.